The van der Waals surface area contributed by atoms with Crippen LogP contribution in [0.3, 0.4) is 0 Å². The van der Waals surface area contributed by atoms with Gasteiger partial charge >= 0.3 is 5.97 Å². The molecule has 0 aliphatic carbocycles. The van der Waals surface area contributed by atoms with Crippen LogP contribution in [0.25, 0.3) is 0 Å². The van der Waals surface area contributed by atoms with Crippen molar-refractivity contribution in [3.8, 4) is 0 Å². The van der Waals surface area contributed by atoms with Crippen molar-refractivity contribution in [2.75, 3.05) is 6.61 Å². The zero-order valence-corrected chi connectivity index (χ0v) is 9.05. The molecule has 4 nitrogen and oxygen atoms in total. The number of aromatic nitrogens is 1. The predicted octanol–water partition coefficient (Wildman–Crippen LogP) is 2.31. The van der Waals surface area contributed by atoms with E-state index in [9.17, 15) is 4.79 Å². The molecular weight excluding hydrogens is 206 g/mol. The van der Waals surface area contributed by atoms with E-state index in [0.717, 1.165) is 5.76 Å². The van der Waals surface area contributed by atoms with Crippen molar-refractivity contribution < 1.29 is 13.9 Å². The van der Waals surface area contributed by atoms with Crippen molar-refractivity contribution in [1.29, 1.82) is 0 Å². The second kappa shape index (κ2) is 4.70. The Morgan fingerprint density at radius 1 is 1.38 bits per heavy atom. The normalized spacial score (nSPS) is 10.3. The van der Waals surface area contributed by atoms with E-state index in [1.807, 2.05) is 29.1 Å². The van der Waals surface area contributed by atoms with Gasteiger partial charge in [-0.25, -0.2) is 4.79 Å². The van der Waals surface area contributed by atoms with Crippen molar-refractivity contribution >= 4 is 5.97 Å². The number of rotatable bonds is 4. The highest BCUT2D eigenvalue weighted by molar-refractivity contribution is 5.86. The molecule has 0 bridgehead atoms. The summed E-state index contributed by atoms with van der Waals surface area (Å²) in [5.74, 6) is 0.574. The highest BCUT2D eigenvalue weighted by Gasteiger charge is 2.11. The second-order valence-electron chi connectivity index (χ2n) is 3.34. The average molecular weight is 219 g/mol. The van der Waals surface area contributed by atoms with Gasteiger partial charge in [-0.1, -0.05) is 0 Å². The van der Waals surface area contributed by atoms with Gasteiger partial charge in [0.15, 0.2) is 0 Å². The molecule has 0 amide bonds. The lowest BCUT2D eigenvalue weighted by Gasteiger charge is -1.99. The molecule has 0 aromatic carbocycles. The highest BCUT2D eigenvalue weighted by Crippen LogP contribution is 2.11. The van der Waals surface area contributed by atoms with Crippen LogP contribution in [0.2, 0.25) is 0 Å². The molecular formula is C12H13NO3. The van der Waals surface area contributed by atoms with Crippen LogP contribution in [0.1, 0.15) is 23.2 Å². The van der Waals surface area contributed by atoms with Gasteiger partial charge in [0.05, 0.1) is 13.2 Å². The fraction of sp³-hybridized carbons (Fsp3) is 0.250. The zero-order valence-electron chi connectivity index (χ0n) is 9.05. The summed E-state index contributed by atoms with van der Waals surface area (Å²) in [4.78, 5) is 11.3. The number of carbonyl (C=O) groups is 1. The summed E-state index contributed by atoms with van der Waals surface area (Å²) in [6, 6.07) is 7.30. The fourth-order valence-corrected chi connectivity index (χ4v) is 1.43. The van der Waals surface area contributed by atoms with E-state index in [2.05, 4.69) is 0 Å². The van der Waals surface area contributed by atoms with Crippen LogP contribution in [-0.4, -0.2) is 17.1 Å². The van der Waals surface area contributed by atoms with Crippen LogP contribution < -0.4 is 0 Å². The standard InChI is InChI=1S/C12H13NO3/c1-2-15-12(14)11-6-5-10(16-11)9-13-7-3-4-8-13/h3-8H,2,9H2,1H3. The van der Waals surface area contributed by atoms with Crippen molar-refractivity contribution in [3.63, 3.8) is 0 Å². The van der Waals surface area contributed by atoms with Crippen LogP contribution >= 0.6 is 0 Å². The van der Waals surface area contributed by atoms with Gasteiger partial charge < -0.3 is 13.7 Å². The summed E-state index contributed by atoms with van der Waals surface area (Å²) in [5, 5.41) is 0. The predicted molar refractivity (Wildman–Crippen MR) is 58.2 cm³/mol. The molecule has 0 saturated heterocycles. The first kappa shape index (κ1) is 10.5. The SMILES string of the molecule is CCOC(=O)c1ccc(Cn2cccc2)o1. The summed E-state index contributed by atoms with van der Waals surface area (Å²) in [6.07, 6.45) is 3.87. The summed E-state index contributed by atoms with van der Waals surface area (Å²) in [6.45, 7) is 2.74. The van der Waals surface area contributed by atoms with Gasteiger partial charge in [-0.15, -0.1) is 0 Å². The number of hydrogen-bond acceptors (Lipinski definition) is 3. The van der Waals surface area contributed by atoms with Gasteiger partial charge in [-0.3, -0.25) is 0 Å². The Morgan fingerprint density at radius 3 is 2.81 bits per heavy atom. The highest BCUT2D eigenvalue weighted by atomic mass is 16.5. The van der Waals surface area contributed by atoms with Gasteiger partial charge in [0.2, 0.25) is 5.76 Å². The van der Waals surface area contributed by atoms with E-state index < -0.39 is 5.97 Å². The lowest BCUT2D eigenvalue weighted by molar-refractivity contribution is 0.0488. The molecule has 2 rings (SSSR count). The second-order valence-corrected chi connectivity index (χ2v) is 3.34. The minimum absolute atomic E-state index is 0.254. The Kier molecular flexibility index (Phi) is 3.10. The molecule has 0 unspecified atom stereocenters. The molecule has 0 aliphatic heterocycles. The number of carbonyl (C=O) groups excluding carboxylic acids is 1. The lowest BCUT2D eigenvalue weighted by Crippen LogP contribution is -2.02. The van der Waals surface area contributed by atoms with Crippen molar-refractivity contribution in [1.82, 2.24) is 4.57 Å². The Hall–Kier alpha value is -1.97. The van der Waals surface area contributed by atoms with Gasteiger partial charge in [0.1, 0.15) is 5.76 Å². The molecule has 2 heterocycles. The Balaban J connectivity index is 2.05. The largest absolute Gasteiger partial charge is 0.460 e. The smallest absolute Gasteiger partial charge is 0.374 e. The van der Waals surface area contributed by atoms with Crippen molar-refractivity contribution in [2.24, 2.45) is 0 Å². The maximum absolute atomic E-state index is 11.3. The Morgan fingerprint density at radius 2 is 2.12 bits per heavy atom. The topological polar surface area (TPSA) is 44.4 Å². The summed E-state index contributed by atoms with van der Waals surface area (Å²) < 4.78 is 12.2. The average Bonchev–Trinajstić information content (AvgIpc) is 2.90. The van der Waals surface area contributed by atoms with E-state index in [1.54, 1.807) is 19.1 Å². The number of hydrogen-bond donors (Lipinski definition) is 0. The van der Waals surface area contributed by atoms with E-state index in [1.165, 1.54) is 0 Å². The fourth-order valence-electron chi connectivity index (χ4n) is 1.43. The molecule has 2 aromatic heterocycles. The molecule has 0 saturated carbocycles. The minimum atomic E-state index is -0.416. The van der Waals surface area contributed by atoms with Gasteiger partial charge in [-0.2, -0.15) is 0 Å². The number of esters is 1. The molecule has 0 atom stereocenters. The first-order valence-corrected chi connectivity index (χ1v) is 5.16. The van der Waals surface area contributed by atoms with Crippen LogP contribution in [0.5, 0.6) is 0 Å². The molecule has 0 radical (unpaired) electrons. The number of nitrogens with zero attached hydrogens (tertiary/aromatic N) is 1. The first-order valence-electron chi connectivity index (χ1n) is 5.16. The van der Waals surface area contributed by atoms with Crippen LogP contribution in [0.4, 0.5) is 0 Å². The van der Waals surface area contributed by atoms with Crippen LogP contribution in [-0.2, 0) is 11.3 Å². The van der Waals surface area contributed by atoms with E-state index in [4.69, 9.17) is 9.15 Å². The third kappa shape index (κ3) is 2.34. The maximum atomic E-state index is 11.3. The molecule has 0 N–H and O–H groups in total. The zero-order chi connectivity index (χ0) is 11.4. The summed E-state index contributed by atoms with van der Waals surface area (Å²) in [7, 11) is 0. The number of furan rings is 1. The molecule has 4 heteroatoms. The van der Waals surface area contributed by atoms with Crippen LogP contribution in [0, 0.1) is 0 Å². The minimum Gasteiger partial charge on any atom is -0.460 e. The molecule has 16 heavy (non-hydrogen) atoms. The molecule has 84 valence electrons. The van der Waals surface area contributed by atoms with E-state index in [0.29, 0.717) is 13.2 Å². The van der Waals surface area contributed by atoms with Gasteiger partial charge in [-0.05, 0) is 31.2 Å². The van der Waals surface area contributed by atoms with E-state index >= 15 is 0 Å². The Bertz CT molecular complexity index is 456. The lowest BCUT2D eigenvalue weighted by atomic mass is 10.4. The number of ether oxygens (including phenoxy) is 1. The first-order chi connectivity index (χ1) is 7.79. The maximum Gasteiger partial charge on any atom is 0.374 e. The molecule has 0 fully saturated rings. The molecule has 2 aromatic rings. The monoisotopic (exact) mass is 219 g/mol. The summed E-state index contributed by atoms with van der Waals surface area (Å²) >= 11 is 0. The van der Waals surface area contributed by atoms with Gasteiger partial charge in [0, 0.05) is 12.4 Å². The van der Waals surface area contributed by atoms with E-state index in [-0.39, 0.29) is 5.76 Å². The molecule has 0 aliphatic rings. The third-order valence-electron chi connectivity index (χ3n) is 2.14. The quantitative estimate of drug-likeness (QED) is 0.741. The van der Waals surface area contributed by atoms with Crippen LogP contribution in [0.15, 0.2) is 41.1 Å². The molecule has 0 spiro atoms. The third-order valence-corrected chi connectivity index (χ3v) is 2.14. The Labute approximate surface area is 93.4 Å². The van der Waals surface area contributed by atoms with Crippen molar-refractivity contribution in [2.45, 2.75) is 13.5 Å². The van der Waals surface area contributed by atoms with Gasteiger partial charge in [0.25, 0.3) is 0 Å². The van der Waals surface area contributed by atoms with Crippen molar-refractivity contribution in [3.05, 3.63) is 48.2 Å². The summed E-state index contributed by atoms with van der Waals surface area (Å²) in [5.41, 5.74) is 0.